The van der Waals surface area contributed by atoms with Crippen molar-refractivity contribution in [2.75, 3.05) is 30.5 Å². The van der Waals surface area contributed by atoms with Crippen molar-refractivity contribution in [1.82, 2.24) is 15.0 Å². The van der Waals surface area contributed by atoms with Crippen molar-refractivity contribution in [2.24, 2.45) is 0 Å². The number of anilines is 3. The van der Waals surface area contributed by atoms with Crippen LogP contribution in [0.2, 0.25) is 0 Å². The van der Waals surface area contributed by atoms with Crippen LogP contribution in [0.1, 0.15) is 18.1 Å². The van der Waals surface area contributed by atoms with Gasteiger partial charge in [0.15, 0.2) is 17.5 Å². The van der Waals surface area contributed by atoms with Gasteiger partial charge < -0.3 is 16.4 Å². The molecule has 68 heavy (non-hydrogen) atoms. The first-order chi connectivity index (χ1) is 33.3. The third-order valence-electron chi connectivity index (χ3n) is 12.6. The predicted octanol–water partition coefficient (Wildman–Crippen LogP) is 15.5. The predicted molar refractivity (Wildman–Crippen MR) is 289 cm³/mol. The normalized spacial score (nSPS) is 11.8. The Morgan fingerprint density at radius 2 is 0.868 bits per heavy atom. The maximum absolute atomic E-state index is 6.49. The minimum Gasteiger partial charge on any atom is -0.399 e. The number of nitrogens with two attached hydrogens (primary N) is 1. The first kappa shape index (κ1) is 43.0. The van der Waals surface area contributed by atoms with E-state index in [0.717, 1.165) is 78.2 Å². The summed E-state index contributed by atoms with van der Waals surface area (Å²) in [4.78, 5) is 15.4. The van der Waals surface area contributed by atoms with E-state index in [2.05, 4.69) is 212 Å². The van der Waals surface area contributed by atoms with E-state index in [9.17, 15) is 0 Å². The molecule has 1 aromatic heterocycles. The molecule has 0 unspecified atom stereocenters. The van der Waals surface area contributed by atoms with Crippen molar-refractivity contribution in [3.05, 3.63) is 230 Å². The van der Waals surface area contributed by atoms with Crippen LogP contribution in [0.3, 0.4) is 0 Å². The summed E-state index contributed by atoms with van der Waals surface area (Å²) in [6.45, 7) is 6.11. The number of fused-ring (bicyclic) bond motifs is 2. The monoisotopic (exact) mass is 878 g/mol. The van der Waals surface area contributed by atoms with Crippen LogP contribution in [-0.4, -0.2) is 29.0 Å². The highest BCUT2D eigenvalue weighted by atomic mass is 15.0. The first-order valence-electron chi connectivity index (χ1n) is 22.8. The van der Waals surface area contributed by atoms with E-state index in [-0.39, 0.29) is 0 Å². The topological polar surface area (TPSA) is 88.8 Å². The molecule has 0 amide bonds. The van der Waals surface area contributed by atoms with Crippen molar-refractivity contribution in [2.45, 2.75) is 6.92 Å². The molecule has 10 aromatic rings. The number of nitrogens with one attached hydrogen (secondary N) is 2. The van der Waals surface area contributed by atoms with E-state index < -0.39 is 0 Å². The Morgan fingerprint density at radius 1 is 0.456 bits per heavy atom. The summed E-state index contributed by atoms with van der Waals surface area (Å²) >= 11 is 0. The summed E-state index contributed by atoms with van der Waals surface area (Å²) < 4.78 is 0. The van der Waals surface area contributed by atoms with Crippen LogP contribution in [0.25, 0.3) is 100 Å². The molecule has 0 spiro atoms. The van der Waals surface area contributed by atoms with Crippen LogP contribution in [0.15, 0.2) is 219 Å². The van der Waals surface area contributed by atoms with E-state index in [0.29, 0.717) is 23.2 Å². The van der Waals surface area contributed by atoms with Crippen LogP contribution in [0.5, 0.6) is 0 Å². The highest BCUT2D eigenvalue weighted by Crippen LogP contribution is 2.38. The summed E-state index contributed by atoms with van der Waals surface area (Å²) in [5.74, 6) is 1.77. The van der Waals surface area contributed by atoms with Gasteiger partial charge in [0, 0.05) is 47.8 Å². The Bertz CT molecular complexity index is 3460. The van der Waals surface area contributed by atoms with E-state index in [1.54, 1.807) is 0 Å². The van der Waals surface area contributed by atoms with Crippen molar-refractivity contribution < 1.29 is 0 Å². The second kappa shape index (κ2) is 18.9. The van der Waals surface area contributed by atoms with Crippen molar-refractivity contribution in [1.29, 1.82) is 0 Å². The van der Waals surface area contributed by atoms with Gasteiger partial charge in [-0.2, -0.15) is 0 Å². The SMILES string of the molecule is C=C/C=C(\C=C(/C)c1ccc(-c2nc(-c3ccc(-c4cc(N)cc(-c5ccc(NC)cc5)c4)cc3)nc(-c3ccc(-c4c5ccccc5cc5ccccc45)cc3)n2)cc1)c1ccc(NC)cc1. The summed E-state index contributed by atoms with van der Waals surface area (Å²) in [5, 5.41) is 11.2. The molecular weight excluding hydrogens is 829 g/mol. The molecule has 0 aliphatic rings. The number of hydrogen-bond acceptors (Lipinski definition) is 6. The average Bonchev–Trinajstić information content (AvgIpc) is 3.40. The molecule has 0 bridgehead atoms. The lowest BCUT2D eigenvalue weighted by Gasteiger charge is -2.13. The quantitative estimate of drug-likeness (QED) is 0.0644. The second-order valence-electron chi connectivity index (χ2n) is 16.9. The number of aromatic nitrogens is 3. The van der Waals surface area contributed by atoms with E-state index in [4.69, 9.17) is 20.7 Å². The van der Waals surface area contributed by atoms with Crippen molar-refractivity contribution >= 4 is 49.8 Å². The second-order valence-corrected chi connectivity index (χ2v) is 16.9. The summed E-state index contributed by atoms with van der Waals surface area (Å²) in [5.41, 5.74) is 23.0. The third-order valence-corrected chi connectivity index (χ3v) is 12.6. The lowest BCUT2D eigenvalue weighted by Crippen LogP contribution is -2.00. The zero-order valence-electron chi connectivity index (χ0n) is 38.3. The minimum absolute atomic E-state index is 0.585. The Balaban J connectivity index is 1.02. The first-order valence-corrected chi connectivity index (χ1v) is 22.8. The molecule has 0 atom stereocenters. The van der Waals surface area contributed by atoms with Crippen LogP contribution in [0.4, 0.5) is 17.1 Å². The van der Waals surface area contributed by atoms with Crippen LogP contribution in [-0.2, 0) is 0 Å². The third kappa shape index (κ3) is 8.91. The number of hydrogen-bond donors (Lipinski definition) is 3. The number of nitrogen functional groups attached to an aromatic ring is 1. The molecule has 4 N–H and O–H groups in total. The smallest absolute Gasteiger partial charge is 0.164 e. The summed E-state index contributed by atoms with van der Waals surface area (Å²) in [6, 6.07) is 67.9. The highest BCUT2D eigenvalue weighted by Gasteiger charge is 2.16. The largest absolute Gasteiger partial charge is 0.399 e. The van der Waals surface area contributed by atoms with Gasteiger partial charge >= 0.3 is 0 Å². The van der Waals surface area contributed by atoms with E-state index in [1.807, 2.05) is 38.4 Å². The Morgan fingerprint density at radius 3 is 1.35 bits per heavy atom. The van der Waals surface area contributed by atoms with Crippen molar-refractivity contribution in [3.8, 4) is 67.5 Å². The maximum Gasteiger partial charge on any atom is 0.164 e. The molecule has 6 nitrogen and oxygen atoms in total. The lowest BCUT2D eigenvalue weighted by molar-refractivity contribution is 1.07. The minimum atomic E-state index is 0.585. The fraction of sp³-hybridized carbons (Fsp3) is 0.0484. The van der Waals surface area contributed by atoms with Crippen molar-refractivity contribution in [3.63, 3.8) is 0 Å². The zero-order chi connectivity index (χ0) is 46.6. The molecule has 0 radical (unpaired) electrons. The standard InChI is InChI=1S/C62H50N6/c1-5-10-49(42-27-31-55(64-3)32-28-42)35-40(2)41-15-21-46(22-16-41)60-66-61(47-23-17-43(18-24-47)52-37-53(39-54(63)38-52)44-29-33-56(65-4)34-30-44)68-62(67-60)48-25-19-45(20-26-48)59-57-13-8-6-11-50(57)36-51-12-7-9-14-58(51)59/h5-39,64-65H,1,63H2,2-4H3/b40-35+,49-10+. The van der Waals surface area contributed by atoms with Gasteiger partial charge in [0.2, 0.25) is 0 Å². The molecule has 328 valence electrons. The molecule has 0 aliphatic heterocycles. The van der Waals surface area contributed by atoms with Gasteiger partial charge in [0.05, 0.1) is 0 Å². The van der Waals surface area contributed by atoms with Gasteiger partial charge in [-0.25, -0.2) is 15.0 Å². The Hall–Kier alpha value is -8.87. The molecule has 0 saturated heterocycles. The number of benzene rings is 9. The molecular formula is C62H50N6. The van der Waals surface area contributed by atoms with Gasteiger partial charge in [-0.3, -0.25) is 0 Å². The highest BCUT2D eigenvalue weighted by molar-refractivity contribution is 6.12. The van der Waals surface area contributed by atoms with Crippen LogP contribution in [0, 0.1) is 0 Å². The summed E-state index contributed by atoms with van der Waals surface area (Å²) in [7, 11) is 3.85. The molecule has 0 aliphatic carbocycles. The summed E-state index contributed by atoms with van der Waals surface area (Å²) in [6.07, 6.45) is 6.07. The molecule has 10 rings (SSSR count). The Kier molecular flexibility index (Phi) is 12.0. The van der Waals surface area contributed by atoms with Gasteiger partial charge in [-0.05, 0) is 133 Å². The van der Waals surface area contributed by atoms with Gasteiger partial charge in [-0.1, -0.05) is 170 Å². The van der Waals surface area contributed by atoms with Gasteiger partial charge in [-0.15, -0.1) is 0 Å². The zero-order valence-corrected chi connectivity index (χ0v) is 38.3. The fourth-order valence-corrected chi connectivity index (χ4v) is 8.88. The fourth-order valence-electron chi connectivity index (χ4n) is 8.88. The van der Waals surface area contributed by atoms with Gasteiger partial charge in [0.1, 0.15) is 0 Å². The molecule has 9 aromatic carbocycles. The maximum atomic E-state index is 6.49. The molecule has 0 saturated carbocycles. The molecule has 1 heterocycles. The van der Waals surface area contributed by atoms with E-state index >= 15 is 0 Å². The number of allylic oxidation sites excluding steroid dienone is 5. The molecule has 6 heteroatoms. The molecule has 0 fully saturated rings. The average molecular weight is 879 g/mol. The Labute approximate surface area is 398 Å². The number of rotatable bonds is 12. The lowest BCUT2D eigenvalue weighted by atomic mass is 9.92. The van der Waals surface area contributed by atoms with Crippen LogP contribution >= 0.6 is 0 Å². The number of nitrogens with zero attached hydrogens (tertiary/aromatic N) is 3. The van der Waals surface area contributed by atoms with Gasteiger partial charge in [0.25, 0.3) is 0 Å². The van der Waals surface area contributed by atoms with Crippen LogP contribution < -0.4 is 16.4 Å². The van der Waals surface area contributed by atoms with E-state index in [1.165, 1.54) is 27.1 Å².